The highest BCUT2D eigenvalue weighted by Gasteiger charge is 2.17. The topological polar surface area (TPSA) is 45.2 Å². The fourth-order valence-corrected chi connectivity index (χ4v) is 3.33. The summed E-state index contributed by atoms with van der Waals surface area (Å²) in [5.74, 6) is 0. The van der Waals surface area contributed by atoms with Gasteiger partial charge in [-0.3, -0.25) is 5.32 Å². The molecule has 1 aliphatic heterocycles. The van der Waals surface area contributed by atoms with E-state index in [2.05, 4.69) is 26.2 Å². The second-order valence-electron chi connectivity index (χ2n) is 5.02. The maximum Gasteiger partial charge on any atom is 0.323 e. The zero-order chi connectivity index (χ0) is 14.7. The number of hydrogen-bond acceptors (Lipinski definition) is 3. The van der Waals surface area contributed by atoms with E-state index in [0.29, 0.717) is 5.13 Å². The van der Waals surface area contributed by atoms with Gasteiger partial charge < -0.3 is 4.90 Å². The largest absolute Gasteiger partial charge is 0.324 e. The monoisotopic (exact) mass is 365 g/mol. The number of likely N-dealkylation sites (tertiary alicyclic amines) is 1. The molecule has 0 unspecified atom stereocenters. The number of hydrogen-bond donors (Lipinski definition) is 1. The molecule has 2 heterocycles. The van der Waals surface area contributed by atoms with Gasteiger partial charge in [-0.2, -0.15) is 0 Å². The van der Waals surface area contributed by atoms with Crippen LogP contribution < -0.4 is 5.32 Å². The van der Waals surface area contributed by atoms with Crippen LogP contribution in [0.15, 0.2) is 34.1 Å². The first-order chi connectivity index (χ1) is 10.2. The Labute approximate surface area is 136 Å². The summed E-state index contributed by atoms with van der Waals surface area (Å²) < 4.78 is 1.04. The summed E-state index contributed by atoms with van der Waals surface area (Å²) in [5, 5.41) is 5.52. The SMILES string of the molecule is O=C(Nc1nc(-c2ccc(Br)cc2)cs1)N1CCCCC1. The van der Waals surface area contributed by atoms with Gasteiger partial charge in [0.1, 0.15) is 0 Å². The van der Waals surface area contributed by atoms with E-state index in [-0.39, 0.29) is 6.03 Å². The van der Waals surface area contributed by atoms with E-state index in [1.165, 1.54) is 17.8 Å². The van der Waals surface area contributed by atoms with E-state index >= 15 is 0 Å². The molecule has 1 N–H and O–H groups in total. The van der Waals surface area contributed by atoms with Crippen molar-refractivity contribution in [3.05, 3.63) is 34.1 Å². The summed E-state index contributed by atoms with van der Waals surface area (Å²) in [4.78, 5) is 18.5. The molecule has 4 nitrogen and oxygen atoms in total. The zero-order valence-corrected chi connectivity index (χ0v) is 13.9. The molecule has 1 aromatic carbocycles. The average Bonchev–Trinajstić information content (AvgIpc) is 2.97. The lowest BCUT2D eigenvalue weighted by Crippen LogP contribution is -2.38. The van der Waals surface area contributed by atoms with Crippen LogP contribution in [0.5, 0.6) is 0 Å². The van der Waals surface area contributed by atoms with E-state index in [1.807, 2.05) is 34.5 Å². The number of nitrogens with zero attached hydrogens (tertiary/aromatic N) is 2. The highest BCUT2D eigenvalue weighted by Crippen LogP contribution is 2.26. The molecule has 0 radical (unpaired) electrons. The van der Waals surface area contributed by atoms with Crippen LogP contribution in [0.2, 0.25) is 0 Å². The third-order valence-electron chi connectivity index (χ3n) is 3.50. The second kappa shape index (κ2) is 6.58. The third-order valence-corrected chi connectivity index (χ3v) is 4.79. The van der Waals surface area contributed by atoms with Gasteiger partial charge in [0, 0.05) is 28.5 Å². The molecular weight excluding hydrogens is 350 g/mol. The quantitative estimate of drug-likeness (QED) is 0.845. The Bertz CT molecular complexity index is 620. The Morgan fingerprint density at radius 1 is 1.19 bits per heavy atom. The molecule has 1 aromatic heterocycles. The van der Waals surface area contributed by atoms with Crippen LogP contribution in [-0.2, 0) is 0 Å². The minimum atomic E-state index is -0.0357. The Morgan fingerprint density at radius 3 is 2.62 bits per heavy atom. The lowest BCUT2D eigenvalue weighted by molar-refractivity contribution is 0.200. The fraction of sp³-hybridized carbons (Fsp3) is 0.333. The molecule has 0 spiro atoms. The van der Waals surface area contributed by atoms with Crippen molar-refractivity contribution in [2.24, 2.45) is 0 Å². The molecule has 0 aliphatic carbocycles. The number of anilines is 1. The van der Waals surface area contributed by atoms with Gasteiger partial charge in [0.25, 0.3) is 0 Å². The Kier molecular flexibility index (Phi) is 4.55. The third kappa shape index (κ3) is 3.63. The van der Waals surface area contributed by atoms with Crippen molar-refractivity contribution in [3.63, 3.8) is 0 Å². The van der Waals surface area contributed by atoms with Gasteiger partial charge in [-0.15, -0.1) is 11.3 Å². The lowest BCUT2D eigenvalue weighted by atomic mass is 10.1. The predicted octanol–water partition coefficient (Wildman–Crippen LogP) is 4.59. The number of nitrogens with one attached hydrogen (secondary N) is 1. The second-order valence-corrected chi connectivity index (χ2v) is 6.80. The van der Waals surface area contributed by atoms with E-state index in [9.17, 15) is 4.79 Å². The Hall–Kier alpha value is -1.40. The summed E-state index contributed by atoms with van der Waals surface area (Å²) in [6.45, 7) is 1.69. The molecule has 110 valence electrons. The number of urea groups is 1. The number of amides is 2. The summed E-state index contributed by atoms with van der Waals surface area (Å²) in [6.07, 6.45) is 3.40. The number of aromatic nitrogens is 1. The van der Waals surface area contributed by atoms with E-state index in [1.54, 1.807) is 0 Å². The van der Waals surface area contributed by atoms with Gasteiger partial charge >= 0.3 is 6.03 Å². The molecule has 1 fully saturated rings. The van der Waals surface area contributed by atoms with Crippen molar-refractivity contribution in [2.75, 3.05) is 18.4 Å². The number of carbonyl (C=O) groups excluding carboxylic acids is 1. The first-order valence-electron chi connectivity index (χ1n) is 7.00. The fourth-order valence-electron chi connectivity index (χ4n) is 2.35. The number of benzene rings is 1. The predicted molar refractivity (Wildman–Crippen MR) is 89.7 cm³/mol. The van der Waals surface area contributed by atoms with E-state index in [0.717, 1.165) is 41.7 Å². The van der Waals surface area contributed by atoms with Crippen LogP contribution in [-0.4, -0.2) is 29.0 Å². The van der Waals surface area contributed by atoms with Crippen LogP contribution in [0.3, 0.4) is 0 Å². The van der Waals surface area contributed by atoms with Crippen LogP contribution in [0.1, 0.15) is 19.3 Å². The van der Waals surface area contributed by atoms with Gasteiger partial charge in [0.05, 0.1) is 5.69 Å². The molecule has 2 amide bonds. The molecule has 21 heavy (non-hydrogen) atoms. The highest BCUT2D eigenvalue weighted by molar-refractivity contribution is 9.10. The standard InChI is InChI=1S/C15H16BrN3OS/c16-12-6-4-11(5-7-12)13-10-21-14(17-13)18-15(20)19-8-2-1-3-9-19/h4-7,10H,1-3,8-9H2,(H,17,18,20). The number of halogens is 1. The smallest absolute Gasteiger partial charge is 0.323 e. The van der Waals surface area contributed by atoms with E-state index in [4.69, 9.17) is 0 Å². The van der Waals surface area contributed by atoms with Crippen LogP contribution in [0, 0.1) is 0 Å². The first kappa shape index (κ1) is 14.5. The molecule has 0 bridgehead atoms. The minimum absolute atomic E-state index is 0.0357. The normalized spacial score (nSPS) is 15.0. The van der Waals surface area contributed by atoms with Crippen molar-refractivity contribution in [1.82, 2.24) is 9.88 Å². The van der Waals surface area contributed by atoms with Gasteiger partial charge in [0.15, 0.2) is 5.13 Å². The van der Waals surface area contributed by atoms with Crippen molar-refractivity contribution < 1.29 is 4.79 Å². The van der Waals surface area contributed by atoms with Crippen LogP contribution in [0.4, 0.5) is 9.93 Å². The number of thiazole rings is 1. The van der Waals surface area contributed by atoms with Crippen LogP contribution >= 0.6 is 27.3 Å². The number of carbonyl (C=O) groups is 1. The highest BCUT2D eigenvalue weighted by atomic mass is 79.9. The van der Waals surface area contributed by atoms with Crippen LogP contribution in [0.25, 0.3) is 11.3 Å². The molecule has 3 rings (SSSR count). The van der Waals surface area contributed by atoms with Crippen molar-refractivity contribution in [2.45, 2.75) is 19.3 Å². The molecule has 2 aromatic rings. The summed E-state index contributed by atoms with van der Waals surface area (Å²) in [5.41, 5.74) is 1.94. The average molecular weight is 366 g/mol. The van der Waals surface area contributed by atoms with Gasteiger partial charge in [-0.25, -0.2) is 9.78 Å². The molecule has 1 aliphatic rings. The molecular formula is C15H16BrN3OS. The molecule has 0 atom stereocenters. The molecule has 6 heteroatoms. The van der Waals surface area contributed by atoms with Crippen molar-refractivity contribution >= 4 is 38.4 Å². The summed E-state index contributed by atoms with van der Waals surface area (Å²) in [6, 6.07) is 7.96. The number of piperidine rings is 1. The minimum Gasteiger partial charge on any atom is -0.324 e. The maximum absolute atomic E-state index is 12.1. The zero-order valence-electron chi connectivity index (χ0n) is 11.5. The van der Waals surface area contributed by atoms with E-state index < -0.39 is 0 Å². The van der Waals surface area contributed by atoms with Crippen molar-refractivity contribution in [3.8, 4) is 11.3 Å². The van der Waals surface area contributed by atoms with Gasteiger partial charge in [0.2, 0.25) is 0 Å². The maximum atomic E-state index is 12.1. The first-order valence-corrected chi connectivity index (χ1v) is 8.67. The molecule has 1 saturated heterocycles. The molecule has 0 saturated carbocycles. The summed E-state index contributed by atoms with van der Waals surface area (Å²) in [7, 11) is 0. The van der Waals surface area contributed by atoms with Gasteiger partial charge in [-0.05, 0) is 31.4 Å². The van der Waals surface area contributed by atoms with Crippen molar-refractivity contribution in [1.29, 1.82) is 0 Å². The lowest BCUT2D eigenvalue weighted by Gasteiger charge is -2.26. The Balaban J connectivity index is 1.67. The van der Waals surface area contributed by atoms with Gasteiger partial charge in [-0.1, -0.05) is 28.1 Å². The Morgan fingerprint density at radius 2 is 1.90 bits per heavy atom. The number of rotatable bonds is 2. The summed E-state index contributed by atoms with van der Waals surface area (Å²) >= 11 is 4.88.